The summed E-state index contributed by atoms with van der Waals surface area (Å²) in [6, 6.07) is 20.9. The Hall–Kier alpha value is -1.95. The molecule has 1 aliphatic rings. The largest absolute Gasteiger partial charge is 0.460 e. The summed E-state index contributed by atoms with van der Waals surface area (Å²) >= 11 is 0. The minimum absolute atomic E-state index is 0.0985. The van der Waals surface area contributed by atoms with E-state index in [0.717, 1.165) is 0 Å². The van der Waals surface area contributed by atoms with Crippen LogP contribution in [-0.2, 0) is 14.0 Å². The van der Waals surface area contributed by atoms with Crippen LogP contribution >= 0.6 is 0 Å². The van der Waals surface area contributed by atoms with Gasteiger partial charge >= 0.3 is 5.97 Å². The Balaban J connectivity index is 2.11. The van der Waals surface area contributed by atoms with Crippen molar-refractivity contribution in [1.82, 2.24) is 0 Å². The monoisotopic (exact) mass is 412 g/mol. The summed E-state index contributed by atoms with van der Waals surface area (Å²) in [6.07, 6.45) is 1.91. The molecule has 29 heavy (non-hydrogen) atoms. The van der Waals surface area contributed by atoms with E-state index in [0.29, 0.717) is 25.7 Å². The Morgan fingerprint density at radius 1 is 1.07 bits per heavy atom. The van der Waals surface area contributed by atoms with E-state index in [-0.39, 0.29) is 29.8 Å². The Labute approximate surface area is 175 Å². The van der Waals surface area contributed by atoms with E-state index < -0.39 is 8.32 Å². The summed E-state index contributed by atoms with van der Waals surface area (Å²) in [5.41, 5.74) is 0. The van der Waals surface area contributed by atoms with Crippen molar-refractivity contribution in [3.05, 3.63) is 60.7 Å². The molecule has 1 saturated heterocycles. The molecule has 3 rings (SSSR count). The fraction of sp³-hybridized carbons (Fsp3) is 0.458. The molecule has 1 aliphatic heterocycles. The third kappa shape index (κ3) is 4.63. The average molecular weight is 413 g/mol. The fourth-order valence-corrected chi connectivity index (χ4v) is 9.08. The molecule has 2 atom stereocenters. The predicted octanol–water partition coefficient (Wildman–Crippen LogP) is 3.41. The number of esters is 1. The summed E-state index contributed by atoms with van der Waals surface area (Å²) in [7, 11) is -2.72. The van der Waals surface area contributed by atoms with Gasteiger partial charge in [-0.2, -0.15) is 0 Å². The minimum Gasteiger partial charge on any atom is -0.460 e. The highest BCUT2D eigenvalue weighted by Gasteiger charge is 2.52. The van der Waals surface area contributed by atoms with Crippen molar-refractivity contribution >= 4 is 24.7 Å². The molecule has 0 bridgehead atoms. The smallest absolute Gasteiger partial charge is 0.306 e. The van der Waals surface area contributed by atoms with Crippen LogP contribution in [0.3, 0.4) is 0 Å². The first-order valence-corrected chi connectivity index (χ1v) is 12.4. The second kappa shape index (κ2) is 9.24. The van der Waals surface area contributed by atoms with Gasteiger partial charge in [0.25, 0.3) is 8.32 Å². The fourth-order valence-electron chi connectivity index (χ4n) is 4.34. The zero-order valence-electron chi connectivity index (χ0n) is 17.6. The number of hydrogen-bond donors (Lipinski definition) is 1. The van der Waals surface area contributed by atoms with E-state index in [1.807, 2.05) is 12.1 Å². The molecule has 4 nitrogen and oxygen atoms in total. The van der Waals surface area contributed by atoms with Crippen LogP contribution in [0.5, 0.6) is 0 Å². The van der Waals surface area contributed by atoms with Gasteiger partial charge < -0.3 is 14.3 Å². The maximum atomic E-state index is 11.8. The molecule has 0 aromatic heterocycles. The van der Waals surface area contributed by atoms with Crippen molar-refractivity contribution in [1.29, 1.82) is 0 Å². The molecule has 0 amide bonds. The molecular weight excluding hydrogens is 380 g/mol. The molecule has 0 aliphatic carbocycles. The number of carbonyl (C=O) groups excluding carboxylic acids is 1. The molecule has 0 saturated carbocycles. The Bertz CT molecular complexity index is 746. The summed E-state index contributed by atoms with van der Waals surface area (Å²) < 4.78 is 12.8. The lowest BCUT2D eigenvalue weighted by Gasteiger charge is -2.46. The number of ether oxygens (including phenoxy) is 1. The summed E-state index contributed by atoms with van der Waals surface area (Å²) in [6.45, 7) is 6.82. The summed E-state index contributed by atoms with van der Waals surface area (Å²) in [4.78, 5) is 11.8. The Morgan fingerprint density at radius 2 is 1.62 bits per heavy atom. The van der Waals surface area contributed by atoms with Crippen molar-refractivity contribution in [2.75, 3.05) is 6.61 Å². The van der Waals surface area contributed by atoms with Gasteiger partial charge in [-0.1, -0.05) is 81.4 Å². The van der Waals surface area contributed by atoms with E-state index in [1.165, 1.54) is 10.4 Å². The molecule has 0 radical (unpaired) electrons. The normalized spacial score (nSPS) is 18.5. The van der Waals surface area contributed by atoms with Gasteiger partial charge in [0.1, 0.15) is 6.10 Å². The second-order valence-electron chi connectivity index (χ2n) is 8.75. The van der Waals surface area contributed by atoms with Crippen LogP contribution < -0.4 is 10.4 Å². The SMILES string of the molecule is CC(C)(C)[Si](O[C@H](CCCO)[C@H]1CCC(=O)O1)(c1ccccc1)c1ccccc1. The van der Waals surface area contributed by atoms with Crippen molar-refractivity contribution in [2.24, 2.45) is 0 Å². The molecule has 0 unspecified atom stereocenters. The van der Waals surface area contributed by atoms with E-state index in [1.54, 1.807) is 0 Å². The molecule has 156 valence electrons. The Morgan fingerprint density at radius 3 is 2.03 bits per heavy atom. The summed E-state index contributed by atoms with van der Waals surface area (Å²) in [5, 5.41) is 11.7. The molecule has 2 aromatic rings. The zero-order chi connectivity index (χ0) is 20.9. The van der Waals surface area contributed by atoms with Gasteiger partial charge in [-0.25, -0.2) is 0 Å². The number of rotatable bonds is 8. The molecule has 2 aromatic carbocycles. The maximum Gasteiger partial charge on any atom is 0.306 e. The zero-order valence-corrected chi connectivity index (χ0v) is 18.6. The van der Waals surface area contributed by atoms with Crippen LogP contribution in [0.4, 0.5) is 0 Å². The van der Waals surface area contributed by atoms with Crippen LogP contribution in [-0.4, -0.2) is 38.2 Å². The van der Waals surface area contributed by atoms with Crippen LogP contribution in [0.15, 0.2) is 60.7 Å². The number of aliphatic hydroxyl groups excluding tert-OH is 1. The van der Waals surface area contributed by atoms with E-state index >= 15 is 0 Å². The number of carbonyl (C=O) groups is 1. The van der Waals surface area contributed by atoms with Crippen molar-refractivity contribution < 1.29 is 19.1 Å². The first-order valence-electron chi connectivity index (χ1n) is 10.5. The van der Waals surface area contributed by atoms with Crippen LogP contribution in [0, 0.1) is 0 Å². The van der Waals surface area contributed by atoms with E-state index in [4.69, 9.17) is 9.16 Å². The lowest BCUT2D eigenvalue weighted by Crippen LogP contribution is -2.68. The maximum absolute atomic E-state index is 11.8. The highest BCUT2D eigenvalue weighted by Crippen LogP contribution is 2.39. The van der Waals surface area contributed by atoms with Crippen LogP contribution in [0.25, 0.3) is 0 Å². The van der Waals surface area contributed by atoms with Gasteiger partial charge in [0.2, 0.25) is 0 Å². The molecular formula is C24H32O4Si. The minimum atomic E-state index is -2.72. The van der Waals surface area contributed by atoms with E-state index in [2.05, 4.69) is 69.3 Å². The quantitative estimate of drug-likeness (QED) is 0.533. The van der Waals surface area contributed by atoms with Gasteiger partial charge in [0.05, 0.1) is 6.10 Å². The van der Waals surface area contributed by atoms with Gasteiger partial charge in [0.15, 0.2) is 0 Å². The van der Waals surface area contributed by atoms with Crippen molar-refractivity contribution in [3.8, 4) is 0 Å². The van der Waals surface area contributed by atoms with Gasteiger partial charge in [-0.15, -0.1) is 0 Å². The number of benzene rings is 2. The average Bonchev–Trinajstić information content (AvgIpc) is 3.15. The molecule has 1 heterocycles. The lowest BCUT2D eigenvalue weighted by atomic mass is 10.1. The Kier molecular flexibility index (Phi) is 6.93. The van der Waals surface area contributed by atoms with Crippen LogP contribution in [0.2, 0.25) is 5.04 Å². The van der Waals surface area contributed by atoms with E-state index in [9.17, 15) is 9.90 Å². The molecule has 5 heteroatoms. The first kappa shape index (κ1) is 21.7. The lowest BCUT2D eigenvalue weighted by molar-refractivity contribution is -0.145. The topological polar surface area (TPSA) is 55.8 Å². The van der Waals surface area contributed by atoms with Gasteiger partial charge in [0, 0.05) is 13.0 Å². The summed E-state index contributed by atoms with van der Waals surface area (Å²) in [5.74, 6) is -0.157. The third-order valence-electron chi connectivity index (χ3n) is 5.72. The van der Waals surface area contributed by atoms with Gasteiger partial charge in [-0.05, 0) is 34.7 Å². The molecule has 0 spiro atoms. The standard InChI is InChI=1S/C24H32O4Si/c1-24(2,3)29(19-11-6-4-7-12-19,20-13-8-5-9-14-20)28-22(15-10-18-25)21-16-17-23(26)27-21/h4-9,11-14,21-22,25H,10,15-18H2,1-3H3/t21-,22-/m1/s1. The van der Waals surface area contributed by atoms with Gasteiger partial charge in [-0.3, -0.25) is 4.79 Å². The third-order valence-corrected chi connectivity index (χ3v) is 10.8. The van der Waals surface area contributed by atoms with Crippen LogP contribution in [0.1, 0.15) is 46.5 Å². The van der Waals surface area contributed by atoms with Crippen molar-refractivity contribution in [2.45, 2.75) is 63.7 Å². The number of aliphatic hydroxyl groups is 1. The molecule has 1 N–H and O–H groups in total. The molecule has 1 fully saturated rings. The predicted molar refractivity (Wildman–Crippen MR) is 118 cm³/mol. The first-order chi connectivity index (χ1) is 13.9. The number of hydrogen-bond acceptors (Lipinski definition) is 4. The second-order valence-corrected chi connectivity index (χ2v) is 13.0. The highest BCUT2D eigenvalue weighted by molar-refractivity contribution is 6.99. The number of cyclic esters (lactones) is 1. The van der Waals surface area contributed by atoms with Crippen molar-refractivity contribution in [3.63, 3.8) is 0 Å². The highest BCUT2D eigenvalue weighted by atomic mass is 28.4.